The maximum absolute atomic E-state index is 14.3. The van der Waals surface area contributed by atoms with Crippen LogP contribution >= 0.6 is 0 Å². The normalized spacial score (nSPS) is 21.9. The molecule has 1 aliphatic carbocycles. The summed E-state index contributed by atoms with van der Waals surface area (Å²) in [5.74, 6) is -4.54. The molecular formula is C27H38F2O5. The molecule has 0 aliphatic heterocycles. The number of aliphatic hydroxyl groups excluding tert-OH is 1. The summed E-state index contributed by atoms with van der Waals surface area (Å²) < 4.78 is 34.7. The molecule has 2 rings (SSSR count). The van der Waals surface area contributed by atoms with Crippen LogP contribution in [0, 0.1) is 11.8 Å². The largest absolute Gasteiger partial charge is 0.481 e. The Morgan fingerprint density at radius 2 is 1.97 bits per heavy atom. The second-order valence-electron chi connectivity index (χ2n) is 9.23. The summed E-state index contributed by atoms with van der Waals surface area (Å²) in [6.07, 6.45) is 4.39. The van der Waals surface area contributed by atoms with Crippen molar-refractivity contribution in [3.8, 4) is 0 Å². The fraction of sp³-hybridized carbons (Fsp3) is 0.630. The minimum atomic E-state index is -3.14. The number of carbonyl (C=O) groups excluding carboxylic acids is 1. The van der Waals surface area contributed by atoms with Gasteiger partial charge in [0.05, 0.1) is 12.7 Å². The SMILES string of the molecule is CCCCC(F)(F)C(O)CC[C@H]1[C@H](OCc2ccccc2)CC(=O)[C@@H]1C/C=C\CCCC(=O)O. The van der Waals surface area contributed by atoms with Gasteiger partial charge in [0.15, 0.2) is 0 Å². The number of rotatable bonds is 16. The molecule has 4 atom stereocenters. The molecular weight excluding hydrogens is 442 g/mol. The van der Waals surface area contributed by atoms with Crippen molar-refractivity contribution in [2.24, 2.45) is 11.8 Å². The van der Waals surface area contributed by atoms with E-state index in [0.29, 0.717) is 38.7 Å². The summed E-state index contributed by atoms with van der Waals surface area (Å²) in [6.45, 7) is 2.17. The molecule has 1 aromatic rings. The summed E-state index contributed by atoms with van der Waals surface area (Å²) in [7, 11) is 0. The number of aliphatic carboxylic acids is 1. The molecule has 0 radical (unpaired) electrons. The van der Waals surface area contributed by atoms with Crippen LogP contribution in [-0.2, 0) is 20.9 Å². The van der Waals surface area contributed by atoms with Crippen LogP contribution in [0.1, 0.15) is 76.7 Å². The highest BCUT2D eigenvalue weighted by Gasteiger charge is 2.44. The summed E-state index contributed by atoms with van der Waals surface area (Å²) >= 11 is 0. The van der Waals surface area contributed by atoms with Crippen LogP contribution in [0.3, 0.4) is 0 Å². The molecule has 1 saturated carbocycles. The highest BCUT2D eigenvalue weighted by Crippen LogP contribution is 2.39. The third-order valence-electron chi connectivity index (χ3n) is 6.56. The van der Waals surface area contributed by atoms with Crippen molar-refractivity contribution < 1.29 is 33.3 Å². The molecule has 0 bridgehead atoms. The summed E-state index contributed by atoms with van der Waals surface area (Å²) in [5.41, 5.74) is 0.974. The lowest BCUT2D eigenvalue weighted by Gasteiger charge is -2.27. The number of hydrogen-bond donors (Lipinski definition) is 2. The molecule has 7 heteroatoms. The highest BCUT2D eigenvalue weighted by atomic mass is 19.3. The number of ether oxygens (including phenoxy) is 1. The van der Waals surface area contributed by atoms with Gasteiger partial charge in [0.1, 0.15) is 11.9 Å². The van der Waals surface area contributed by atoms with Crippen LogP contribution in [0.15, 0.2) is 42.5 Å². The Kier molecular flexibility index (Phi) is 11.8. The zero-order valence-corrected chi connectivity index (χ0v) is 20.0. The Bertz CT molecular complexity index is 780. The maximum atomic E-state index is 14.3. The lowest BCUT2D eigenvalue weighted by atomic mass is 9.85. The number of Topliss-reactive ketones (excluding diaryl/α,β-unsaturated/α-hetero) is 1. The van der Waals surface area contributed by atoms with Crippen molar-refractivity contribution in [1.29, 1.82) is 0 Å². The predicted octanol–water partition coefficient (Wildman–Crippen LogP) is 5.94. The molecule has 190 valence electrons. The molecule has 0 heterocycles. The average Bonchev–Trinajstić information content (AvgIpc) is 3.11. The summed E-state index contributed by atoms with van der Waals surface area (Å²) in [5, 5.41) is 18.9. The zero-order chi connectivity index (χ0) is 25.0. The third kappa shape index (κ3) is 9.26. The Labute approximate surface area is 201 Å². The molecule has 1 aliphatic rings. The second-order valence-corrected chi connectivity index (χ2v) is 9.23. The van der Waals surface area contributed by atoms with Gasteiger partial charge >= 0.3 is 5.97 Å². The van der Waals surface area contributed by atoms with Gasteiger partial charge in [0.2, 0.25) is 0 Å². The molecule has 34 heavy (non-hydrogen) atoms. The molecule has 1 aromatic carbocycles. The fourth-order valence-electron chi connectivity index (χ4n) is 4.52. The van der Waals surface area contributed by atoms with Gasteiger partial charge in [-0.05, 0) is 50.0 Å². The summed E-state index contributed by atoms with van der Waals surface area (Å²) in [6, 6.07) is 9.58. The molecule has 0 aromatic heterocycles. The highest BCUT2D eigenvalue weighted by molar-refractivity contribution is 5.84. The van der Waals surface area contributed by atoms with Crippen LogP contribution in [-0.4, -0.2) is 40.1 Å². The first-order valence-corrected chi connectivity index (χ1v) is 12.4. The molecule has 0 amide bonds. The maximum Gasteiger partial charge on any atom is 0.303 e. The van der Waals surface area contributed by atoms with E-state index in [1.165, 1.54) is 0 Å². The number of carbonyl (C=O) groups is 2. The van der Waals surface area contributed by atoms with E-state index < -0.39 is 18.0 Å². The topological polar surface area (TPSA) is 83.8 Å². The molecule has 0 spiro atoms. The van der Waals surface area contributed by atoms with E-state index in [1.54, 1.807) is 0 Å². The van der Waals surface area contributed by atoms with Crippen LogP contribution in [0.4, 0.5) is 8.78 Å². The monoisotopic (exact) mass is 480 g/mol. The molecule has 1 fully saturated rings. The first-order valence-electron chi connectivity index (χ1n) is 12.4. The van der Waals surface area contributed by atoms with Crippen molar-refractivity contribution in [2.75, 3.05) is 0 Å². The Morgan fingerprint density at radius 1 is 1.24 bits per heavy atom. The van der Waals surface area contributed by atoms with Crippen LogP contribution in [0.5, 0.6) is 0 Å². The van der Waals surface area contributed by atoms with Crippen molar-refractivity contribution in [2.45, 2.75) is 95.9 Å². The number of aliphatic hydroxyl groups is 1. The second kappa shape index (κ2) is 14.3. The van der Waals surface area contributed by atoms with Crippen LogP contribution in [0.25, 0.3) is 0 Å². The van der Waals surface area contributed by atoms with E-state index in [0.717, 1.165) is 5.56 Å². The number of unbranched alkanes of at least 4 members (excludes halogenated alkanes) is 2. The average molecular weight is 481 g/mol. The first-order chi connectivity index (χ1) is 16.2. The minimum absolute atomic E-state index is 0.0467. The van der Waals surface area contributed by atoms with Crippen molar-refractivity contribution >= 4 is 11.8 Å². The zero-order valence-electron chi connectivity index (χ0n) is 20.0. The Balaban J connectivity index is 2.01. The number of ketones is 1. The standard InChI is InChI=1S/C27H38F2O5/c1-2-3-17-27(28,29)25(31)16-15-22-21(13-9-4-5-10-14-26(32)33)23(30)18-24(22)34-19-20-11-7-6-8-12-20/h4,6-9,11-12,21-22,24-25,31H,2-3,5,10,13-19H2,1H3,(H,32,33)/b9-4-/t21-,22-,24-,25?/m1/s1. The number of halogens is 2. The van der Waals surface area contributed by atoms with E-state index in [-0.39, 0.29) is 55.8 Å². The molecule has 1 unspecified atom stereocenters. The summed E-state index contributed by atoms with van der Waals surface area (Å²) in [4.78, 5) is 23.4. The predicted molar refractivity (Wildman–Crippen MR) is 127 cm³/mol. The van der Waals surface area contributed by atoms with E-state index in [9.17, 15) is 23.5 Å². The van der Waals surface area contributed by atoms with Crippen LogP contribution < -0.4 is 0 Å². The quantitative estimate of drug-likeness (QED) is 0.226. The first kappa shape index (κ1) is 28.1. The Morgan fingerprint density at radius 3 is 2.65 bits per heavy atom. The van der Waals surface area contributed by atoms with Crippen molar-refractivity contribution in [3.05, 3.63) is 48.0 Å². The Hall–Kier alpha value is -2.12. The van der Waals surface area contributed by atoms with E-state index in [2.05, 4.69) is 0 Å². The van der Waals surface area contributed by atoms with Crippen LogP contribution in [0.2, 0.25) is 0 Å². The van der Waals surface area contributed by atoms with Gasteiger partial charge in [-0.2, -0.15) is 0 Å². The van der Waals surface area contributed by atoms with E-state index in [4.69, 9.17) is 9.84 Å². The fourth-order valence-corrected chi connectivity index (χ4v) is 4.52. The number of benzene rings is 1. The molecule has 0 saturated heterocycles. The number of hydrogen-bond acceptors (Lipinski definition) is 4. The van der Waals surface area contributed by atoms with E-state index in [1.807, 2.05) is 49.4 Å². The lowest BCUT2D eigenvalue weighted by molar-refractivity contribution is -0.137. The lowest BCUT2D eigenvalue weighted by Crippen LogP contribution is -2.35. The van der Waals surface area contributed by atoms with Gasteiger partial charge < -0.3 is 14.9 Å². The van der Waals surface area contributed by atoms with Gasteiger partial charge in [-0.25, -0.2) is 8.78 Å². The van der Waals surface area contributed by atoms with Crippen molar-refractivity contribution in [3.63, 3.8) is 0 Å². The number of alkyl halides is 2. The minimum Gasteiger partial charge on any atom is -0.481 e. The van der Waals surface area contributed by atoms with Crippen molar-refractivity contribution in [1.82, 2.24) is 0 Å². The van der Waals surface area contributed by atoms with Gasteiger partial charge in [0, 0.05) is 25.2 Å². The molecule has 2 N–H and O–H groups in total. The van der Waals surface area contributed by atoms with Gasteiger partial charge in [-0.3, -0.25) is 9.59 Å². The number of allylic oxidation sites excluding steroid dienone is 2. The smallest absolute Gasteiger partial charge is 0.303 e. The van der Waals surface area contributed by atoms with E-state index >= 15 is 0 Å². The molecule has 5 nitrogen and oxygen atoms in total. The van der Waals surface area contributed by atoms with Gasteiger partial charge in [-0.1, -0.05) is 55.8 Å². The van der Waals surface area contributed by atoms with Gasteiger partial charge in [0.25, 0.3) is 5.92 Å². The van der Waals surface area contributed by atoms with Gasteiger partial charge in [-0.15, -0.1) is 0 Å². The number of carboxylic acid groups (broad SMARTS) is 1. The third-order valence-corrected chi connectivity index (χ3v) is 6.56. The number of carboxylic acids is 1.